The van der Waals surface area contributed by atoms with E-state index in [0.717, 1.165) is 5.56 Å². The number of aliphatic hydroxyl groups excluding tert-OH is 1. The van der Waals surface area contributed by atoms with Crippen LogP contribution in [0.25, 0.3) is 0 Å². The Morgan fingerprint density at radius 3 is 2.84 bits per heavy atom. The number of likely N-dealkylation sites (N-methyl/N-ethyl adjacent to an activating group) is 1. The predicted octanol–water partition coefficient (Wildman–Crippen LogP) is 1.61. The number of carbonyl (C=O) groups is 1. The van der Waals surface area contributed by atoms with Crippen LogP contribution in [0.2, 0.25) is 0 Å². The quantitative estimate of drug-likeness (QED) is 0.818. The Hall–Kier alpha value is -1.62. The van der Waals surface area contributed by atoms with Crippen LogP contribution in [0.15, 0.2) is 18.2 Å². The van der Waals surface area contributed by atoms with E-state index in [2.05, 4.69) is 0 Å². The first-order chi connectivity index (χ1) is 9.08. The SMILES string of the molecule is COc1ccc(F)cc1CCN(C)C(=O)CCCO. The van der Waals surface area contributed by atoms with Crippen molar-refractivity contribution < 1.29 is 19.0 Å². The molecule has 0 aliphatic rings. The van der Waals surface area contributed by atoms with Gasteiger partial charge in [0.1, 0.15) is 11.6 Å². The molecule has 0 radical (unpaired) electrons. The molecule has 5 heteroatoms. The molecule has 0 spiro atoms. The van der Waals surface area contributed by atoms with Crippen LogP contribution in [-0.2, 0) is 11.2 Å². The summed E-state index contributed by atoms with van der Waals surface area (Å²) in [5, 5.41) is 8.67. The topological polar surface area (TPSA) is 49.8 Å². The Bertz CT molecular complexity index is 423. The number of hydrogen-bond acceptors (Lipinski definition) is 3. The standard InChI is InChI=1S/C14H20FNO3/c1-16(14(18)4-3-9-17)8-7-11-10-12(15)5-6-13(11)19-2/h5-6,10,17H,3-4,7-9H2,1-2H3. The number of amides is 1. The number of aliphatic hydroxyl groups is 1. The lowest BCUT2D eigenvalue weighted by atomic mass is 10.1. The summed E-state index contributed by atoms with van der Waals surface area (Å²) in [5.41, 5.74) is 0.740. The minimum absolute atomic E-state index is 0.0112. The van der Waals surface area contributed by atoms with Crippen LogP contribution in [0, 0.1) is 5.82 Å². The first-order valence-electron chi connectivity index (χ1n) is 6.25. The summed E-state index contributed by atoms with van der Waals surface area (Å²) in [4.78, 5) is 13.2. The van der Waals surface area contributed by atoms with E-state index in [0.29, 0.717) is 31.6 Å². The van der Waals surface area contributed by atoms with E-state index in [-0.39, 0.29) is 18.3 Å². The van der Waals surface area contributed by atoms with Crippen molar-refractivity contribution >= 4 is 5.91 Å². The Morgan fingerprint density at radius 2 is 2.21 bits per heavy atom. The molecule has 19 heavy (non-hydrogen) atoms. The van der Waals surface area contributed by atoms with Crippen molar-refractivity contribution in [3.8, 4) is 5.75 Å². The van der Waals surface area contributed by atoms with Crippen LogP contribution in [0.4, 0.5) is 4.39 Å². The van der Waals surface area contributed by atoms with Gasteiger partial charge in [0.25, 0.3) is 0 Å². The second-order valence-corrected chi connectivity index (χ2v) is 4.35. The van der Waals surface area contributed by atoms with Crippen LogP contribution in [-0.4, -0.2) is 43.2 Å². The summed E-state index contributed by atoms with van der Waals surface area (Å²) in [5.74, 6) is 0.284. The highest BCUT2D eigenvalue weighted by Crippen LogP contribution is 2.20. The zero-order valence-electron chi connectivity index (χ0n) is 11.4. The van der Waals surface area contributed by atoms with Crippen LogP contribution in [0.3, 0.4) is 0 Å². The highest BCUT2D eigenvalue weighted by molar-refractivity contribution is 5.75. The molecule has 106 valence electrons. The Balaban J connectivity index is 2.56. The molecular formula is C14H20FNO3. The molecule has 0 unspecified atom stereocenters. The van der Waals surface area contributed by atoms with Crippen molar-refractivity contribution in [3.63, 3.8) is 0 Å². The molecule has 0 saturated heterocycles. The molecule has 4 nitrogen and oxygen atoms in total. The summed E-state index contributed by atoms with van der Waals surface area (Å²) in [7, 11) is 3.23. The fourth-order valence-corrected chi connectivity index (χ4v) is 1.78. The second kappa shape index (κ2) is 7.74. The van der Waals surface area contributed by atoms with Gasteiger partial charge in [0.15, 0.2) is 0 Å². The average Bonchev–Trinajstić information content (AvgIpc) is 2.42. The number of ether oxygens (including phenoxy) is 1. The molecule has 1 N–H and O–H groups in total. The first-order valence-corrected chi connectivity index (χ1v) is 6.25. The third kappa shape index (κ3) is 4.87. The number of hydrogen-bond donors (Lipinski definition) is 1. The number of rotatable bonds is 7. The van der Waals surface area contributed by atoms with Gasteiger partial charge in [-0.3, -0.25) is 4.79 Å². The van der Waals surface area contributed by atoms with Crippen molar-refractivity contribution in [3.05, 3.63) is 29.6 Å². The van der Waals surface area contributed by atoms with Gasteiger partial charge in [-0.2, -0.15) is 0 Å². The summed E-state index contributed by atoms with van der Waals surface area (Å²) >= 11 is 0. The largest absolute Gasteiger partial charge is 0.496 e. The van der Waals surface area contributed by atoms with E-state index in [1.807, 2.05) is 0 Å². The molecule has 0 atom stereocenters. The van der Waals surface area contributed by atoms with E-state index >= 15 is 0 Å². The smallest absolute Gasteiger partial charge is 0.222 e. The van der Waals surface area contributed by atoms with E-state index in [4.69, 9.17) is 9.84 Å². The molecule has 0 aliphatic carbocycles. The van der Waals surface area contributed by atoms with E-state index in [1.165, 1.54) is 19.2 Å². The highest BCUT2D eigenvalue weighted by atomic mass is 19.1. The van der Waals surface area contributed by atoms with Crippen LogP contribution in [0.1, 0.15) is 18.4 Å². The third-order valence-corrected chi connectivity index (χ3v) is 2.93. The van der Waals surface area contributed by atoms with Crippen LogP contribution >= 0.6 is 0 Å². The molecule has 0 aliphatic heterocycles. The zero-order valence-corrected chi connectivity index (χ0v) is 11.4. The Morgan fingerprint density at radius 1 is 1.47 bits per heavy atom. The van der Waals surface area contributed by atoms with Crippen molar-refractivity contribution in [2.75, 3.05) is 27.3 Å². The van der Waals surface area contributed by atoms with E-state index < -0.39 is 0 Å². The van der Waals surface area contributed by atoms with Gasteiger partial charge in [-0.1, -0.05) is 0 Å². The fraction of sp³-hybridized carbons (Fsp3) is 0.500. The maximum Gasteiger partial charge on any atom is 0.222 e. The number of halogens is 1. The van der Waals surface area contributed by atoms with Crippen molar-refractivity contribution in [2.24, 2.45) is 0 Å². The normalized spacial score (nSPS) is 10.3. The minimum atomic E-state index is -0.315. The molecule has 0 fully saturated rings. The van der Waals surface area contributed by atoms with Crippen molar-refractivity contribution in [1.82, 2.24) is 4.90 Å². The second-order valence-electron chi connectivity index (χ2n) is 4.35. The zero-order chi connectivity index (χ0) is 14.3. The van der Waals surface area contributed by atoms with Gasteiger partial charge in [0.05, 0.1) is 7.11 Å². The van der Waals surface area contributed by atoms with E-state index in [1.54, 1.807) is 18.0 Å². The summed E-state index contributed by atoms with van der Waals surface area (Å²) in [6.07, 6.45) is 1.32. The number of nitrogens with zero attached hydrogens (tertiary/aromatic N) is 1. The average molecular weight is 269 g/mol. The highest BCUT2D eigenvalue weighted by Gasteiger charge is 2.10. The lowest BCUT2D eigenvalue weighted by Crippen LogP contribution is -2.28. The molecule has 1 aromatic carbocycles. The molecule has 0 heterocycles. The molecular weight excluding hydrogens is 249 g/mol. The predicted molar refractivity (Wildman–Crippen MR) is 70.6 cm³/mol. The molecule has 1 rings (SSSR count). The van der Waals surface area contributed by atoms with E-state index in [9.17, 15) is 9.18 Å². The summed E-state index contributed by atoms with van der Waals surface area (Å²) < 4.78 is 18.3. The maximum atomic E-state index is 13.2. The molecule has 1 aromatic rings. The van der Waals surface area contributed by atoms with Crippen LogP contribution in [0.5, 0.6) is 5.75 Å². The third-order valence-electron chi connectivity index (χ3n) is 2.93. The Kier molecular flexibility index (Phi) is 6.29. The van der Waals surface area contributed by atoms with Gasteiger partial charge >= 0.3 is 0 Å². The maximum absolute atomic E-state index is 13.2. The van der Waals surface area contributed by atoms with Gasteiger partial charge in [-0.05, 0) is 36.6 Å². The van der Waals surface area contributed by atoms with Gasteiger partial charge in [-0.15, -0.1) is 0 Å². The summed E-state index contributed by atoms with van der Waals surface area (Å²) in [6.45, 7) is 0.501. The summed E-state index contributed by atoms with van der Waals surface area (Å²) in [6, 6.07) is 4.35. The number of benzene rings is 1. The first kappa shape index (κ1) is 15.4. The minimum Gasteiger partial charge on any atom is -0.496 e. The van der Waals surface area contributed by atoms with Gasteiger partial charge in [0, 0.05) is 26.6 Å². The molecule has 0 saturated carbocycles. The number of methoxy groups -OCH3 is 1. The lowest BCUT2D eigenvalue weighted by molar-refractivity contribution is -0.130. The van der Waals surface area contributed by atoms with Crippen LogP contribution < -0.4 is 4.74 Å². The molecule has 0 aromatic heterocycles. The fourth-order valence-electron chi connectivity index (χ4n) is 1.78. The Labute approximate surface area is 112 Å². The molecule has 1 amide bonds. The van der Waals surface area contributed by atoms with Crippen molar-refractivity contribution in [2.45, 2.75) is 19.3 Å². The van der Waals surface area contributed by atoms with Gasteiger partial charge in [-0.25, -0.2) is 4.39 Å². The number of carbonyl (C=O) groups excluding carboxylic acids is 1. The lowest BCUT2D eigenvalue weighted by Gasteiger charge is -2.18. The van der Waals surface area contributed by atoms with Crippen molar-refractivity contribution in [1.29, 1.82) is 0 Å². The van der Waals surface area contributed by atoms with Gasteiger partial charge < -0.3 is 14.7 Å². The molecule has 0 bridgehead atoms. The van der Waals surface area contributed by atoms with Gasteiger partial charge in [0.2, 0.25) is 5.91 Å². The monoisotopic (exact) mass is 269 g/mol.